The van der Waals surface area contributed by atoms with Crippen LogP contribution in [0.25, 0.3) is 10.8 Å². The van der Waals surface area contributed by atoms with Crippen molar-refractivity contribution in [3.8, 4) is 28.7 Å². The summed E-state index contributed by atoms with van der Waals surface area (Å²) in [6.45, 7) is 3.09. The van der Waals surface area contributed by atoms with Gasteiger partial charge in [0.2, 0.25) is 6.79 Å². The molecule has 116 valence electrons. The highest BCUT2D eigenvalue weighted by Crippen LogP contribution is 2.53. The minimum Gasteiger partial charge on any atom is -0.507 e. The molecule has 1 N–H and O–H groups in total. The van der Waals surface area contributed by atoms with Gasteiger partial charge in [-0.05, 0) is 13.8 Å². The number of carbonyl (C=O) groups excluding carboxylic acids is 1. The van der Waals surface area contributed by atoms with Gasteiger partial charge in [0, 0.05) is 11.6 Å². The third kappa shape index (κ3) is 1.76. The number of Topliss-reactive ketones (excluding diaryl/α,β-unsaturated/α-hetero) is 1. The van der Waals surface area contributed by atoms with Crippen molar-refractivity contribution in [2.45, 2.75) is 13.8 Å². The van der Waals surface area contributed by atoms with Gasteiger partial charge in [0.05, 0.1) is 30.6 Å². The third-order valence-corrected chi connectivity index (χ3v) is 3.82. The molecule has 0 bridgehead atoms. The molecule has 0 saturated carbocycles. The fourth-order valence-corrected chi connectivity index (χ4v) is 2.86. The molecule has 6 heteroatoms. The molecule has 2 aromatic carbocycles. The number of phenolic OH excluding ortho intramolecular Hbond substituents is 1. The third-order valence-electron chi connectivity index (χ3n) is 3.82. The van der Waals surface area contributed by atoms with E-state index in [-0.39, 0.29) is 18.3 Å². The van der Waals surface area contributed by atoms with Gasteiger partial charge >= 0.3 is 0 Å². The average molecular weight is 304 g/mol. The van der Waals surface area contributed by atoms with Gasteiger partial charge in [-0.1, -0.05) is 0 Å². The molecule has 0 unspecified atom stereocenters. The second kappa shape index (κ2) is 4.98. The largest absolute Gasteiger partial charge is 0.507 e. The van der Waals surface area contributed by atoms with Crippen LogP contribution in [-0.4, -0.2) is 31.9 Å². The van der Waals surface area contributed by atoms with E-state index in [1.165, 1.54) is 21.1 Å². The number of ketones is 1. The second-order valence-corrected chi connectivity index (χ2v) is 5.00. The van der Waals surface area contributed by atoms with E-state index in [0.717, 1.165) is 0 Å². The quantitative estimate of drug-likeness (QED) is 0.879. The fraction of sp³-hybridized carbons (Fsp3) is 0.312. The Labute approximate surface area is 127 Å². The zero-order valence-electron chi connectivity index (χ0n) is 12.8. The van der Waals surface area contributed by atoms with Crippen LogP contribution in [0.15, 0.2) is 6.07 Å². The Morgan fingerprint density at radius 3 is 2.55 bits per heavy atom. The molecule has 1 aliphatic rings. The molecule has 0 amide bonds. The summed E-state index contributed by atoms with van der Waals surface area (Å²) in [5.41, 5.74) is 0.788. The van der Waals surface area contributed by atoms with E-state index in [4.69, 9.17) is 18.9 Å². The first-order valence-electron chi connectivity index (χ1n) is 6.72. The van der Waals surface area contributed by atoms with Crippen LogP contribution in [0.5, 0.6) is 28.7 Å². The molecule has 22 heavy (non-hydrogen) atoms. The summed E-state index contributed by atoms with van der Waals surface area (Å²) in [6.07, 6.45) is 0. The van der Waals surface area contributed by atoms with Crippen LogP contribution in [0.1, 0.15) is 22.8 Å². The zero-order valence-corrected chi connectivity index (χ0v) is 12.8. The SMILES string of the molecule is COc1cc2c3c(c(C(C)=O)c(C)c(O)c3c1OC)OCO2. The fourth-order valence-electron chi connectivity index (χ4n) is 2.86. The summed E-state index contributed by atoms with van der Waals surface area (Å²) in [5.74, 6) is 1.45. The van der Waals surface area contributed by atoms with Crippen molar-refractivity contribution < 1.29 is 28.8 Å². The molecular formula is C16H16O6. The van der Waals surface area contributed by atoms with Gasteiger partial charge in [0.15, 0.2) is 17.3 Å². The predicted octanol–water partition coefficient (Wildman–Crippen LogP) is 2.80. The van der Waals surface area contributed by atoms with E-state index >= 15 is 0 Å². The Hall–Kier alpha value is -2.63. The molecule has 1 heterocycles. The summed E-state index contributed by atoms with van der Waals surface area (Å²) in [5, 5.41) is 11.5. The average Bonchev–Trinajstić information content (AvgIpc) is 2.51. The van der Waals surface area contributed by atoms with Gasteiger partial charge in [-0.3, -0.25) is 4.79 Å². The van der Waals surface area contributed by atoms with Crippen LogP contribution in [-0.2, 0) is 0 Å². The summed E-state index contributed by atoms with van der Waals surface area (Å²) in [4.78, 5) is 12.0. The summed E-state index contributed by atoms with van der Waals surface area (Å²) in [6, 6.07) is 1.66. The normalized spacial score (nSPS) is 12.5. The van der Waals surface area contributed by atoms with Gasteiger partial charge < -0.3 is 24.1 Å². The minimum absolute atomic E-state index is 0.0118. The van der Waals surface area contributed by atoms with Gasteiger partial charge in [0.1, 0.15) is 17.2 Å². The van der Waals surface area contributed by atoms with Crippen molar-refractivity contribution in [2.75, 3.05) is 21.0 Å². The van der Waals surface area contributed by atoms with Crippen molar-refractivity contribution in [3.63, 3.8) is 0 Å². The van der Waals surface area contributed by atoms with E-state index in [1.807, 2.05) is 0 Å². The number of benzene rings is 2. The molecule has 2 aromatic rings. The van der Waals surface area contributed by atoms with Crippen molar-refractivity contribution in [1.82, 2.24) is 0 Å². The van der Waals surface area contributed by atoms with Crippen LogP contribution in [0, 0.1) is 6.92 Å². The molecule has 0 radical (unpaired) electrons. The number of hydrogen-bond acceptors (Lipinski definition) is 6. The van der Waals surface area contributed by atoms with Crippen molar-refractivity contribution in [3.05, 3.63) is 17.2 Å². The lowest BCUT2D eigenvalue weighted by Crippen LogP contribution is -2.15. The molecular weight excluding hydrogens is 288 g/mol. The Bertz CT molecular complexity index is 794. The smallest absolute Gasteiger partial charge is 0.230 e. The molecule has 1 aliphatic heterocycles. The topological polar surface area (TPSA) is 74.2 Å². The maximum Gasteiger partial charge on any atom is 0.230 e. The predicted molar refractivity (Wildman–Crippen MR) is 79.6 cm³/mol. The van der Waals surface area contributed by atoms with Crippen LogP contribution in [0.4, 0.5) is 0 Å². The monoisotopic (exact) mass is 304 g/mol. The van der Waals surface area contributed by atoms with Crippen molar-refractivity contribution in [2.24, 2.45) is 0 Å². The first kappa shape index (κ1) is 14.3. The number of carbonyl (C=O) groups is 1. The van der Waals surface area contributed by atoms with E-state index in [1.54, 1.807) is 13.0 Å². The van der Waals surface area contributed by atoms with Crippen molar-refractivity contribution >= 4 is 16.6 Å². The highest BCUT2D eigenvalue weighted by molar-refractivity contribution is 6.12. The van der Waals surface area contributed by atoms with Crippen LogP contribution in [0.3, 0.4) is 0 Å². The highest BCUT2D eigenvalue weighted by atomic mass is 16.7. The number of hydrogen-bond donors (Lipinski definition) is 1. The van der Waals surface area contributed by atoms with Crippen molar-refractivity contribution in [1.29, 1.82) is 0 Å². The van der Waals surface area contributed by atoms with Gasteiger partial charge in [0.25, 0.3) is 0 Å². The van der Waals surface area contributed by atoms with Crippen LogP contribution >= 0.6 is 0 Å². The molecule has 3 rings (SSSR count). The first-order chi connectivity index (χ1) is 10.5. The molecule has 0 atom stereocenters. The van der Waals surface area contributed by atoms with Crippen LogP contribution < -0.4 is 18.9 Å². The Morgan fingerprint density at radius 2 is 1.95 bits per heavy atom. The lowest BCUT2D eigenvalue weighted by molar-refractivity contribution is 0.0972. The molecule has 6 nitrogen and oxygen atoms in total. The van der Waals surface area contributed by atoms with Crippen LogP contribution in [0.2, 0.25) is 0 Å². The summed E-state index contributed by atoms with van der Waals surface area (Å²) >= 11 is 0. The maximum atomic E-state index is 12.0. The van der Waals surface area contributed by atoms with E-state index in [9.17, 15) is 9.90 Å². The molecule has 0 saturated heterocycles. The molecule has 0 spiro atoms. The number of phenols is 1. The van der Waals surface area contributed by atoms with Gasteiger partial charge in [-0.2, -0.15) is 0 Å². The number of methoxy groups -OCH3 is 2. The number of ether oxygens (including phenoxy) is 4. The minimum atomic E-state index is -0.188. The standard InChI is InChI=1S/C16H16O6/c1-7-11(8(2)17)16-12-9(21-6-22-16)5-10(19-3)15(20-4)13(12)14(7)18/h5,18H,6H2,1-4H3. The highest BCUT2D eigenvalue weighted by Gasteiger charge is 2.30. The lowest BCUT2D eigenvalue weighted by Gasteiger charge is -2.25. The zero-order chi connectivity index (χ0) is 16.0. The number of rotatable bonds is 3. The van der Waals surface area contributed by atoms with E-state index in [0.29, 0.717) is 44.9 Å². The Kier molecular flexibility index (Phi) is 3.24. The van der Waals surface area contributed by atoms with E-state index < -0.39 is 0 Å². The van der Waals surface area contributed by atoms with Gasteiger partial charge in [-0.25, -0.2) is 0 Å². The first-order valence-corrected chi connectivity index (χ1v) is 6.72. The molecule has 0 fully saturated rings. The maximum absolute atomic E-state index is 12.0. The van der Waals surface area contributed by atoms with E-state index in [2.05, 4.69) is 0 Å². The second-order valence-electron chi connectivity index (χ2n) is 5.00. The number of aromatic hydroxyl groups is 1. The Morgan fingerprint density at radius 1 is 1.23 bits per heavy atom. The lowest BCUT2D eigenvalue weighted by atomic mass is 9.94. The Balaban J connectivity index is 2.58. The summed E-state index contributed by atoms with van der Waals surface area (Å²) < 4.78 is 21.7. The summed E-state index contributed by atoms with van der Waals surface area (Å²) in [7, 11) is 2.99. The van der Waals surface area contributed by atoms with Gasteiger partial charge in [-0.15, -0.1) is 0 Å². The molecule has 0 aromatic heterocycles. The molecule has 0 aliphatic carbocycles.